The van der Waals surface area contributed by atoms with Gasteiger partial charge in [0.1, 0.15) is 16.2 Å². The number of nitrogens with one attached hydrogen (secondary N) is 2. The summed E-state index contributed by atoms with van der Waals surface area (Å²) >= 11 is 3.22. The number of amides is 2. The number of fused-ring (bicyclic) bond motifs is 3. The van der Waals surface area contributed by atoms with Crippen molar-refractivity contribution in [2.45, 2.75) is 43.4 Å². The Morgan fingerprint density at radius 2 is 1.82 bits per heavy atom. The molecule has 0 radical (unpaired) electrons. The zero-order valence-corrected chi connectivity index (χ0v) is 17.2. The highest BCUT2D eigenvalue weighted by atomic mass is 32.2. The molecule has 2 amide bonds. The Hall–Kier alpha value is -2.45. The number of aromatic nitrogens is 2. The number of thiophene rings is 1. The minimum atomic E-state index is -0.301. The van der Waals surface area contributed by atoms with Crippen molar-refractivity contribution in [3.63, 3.8) is 0 Å². The van der Waals surface area contributed by atoms with Crippen LogP contribution in [0, 0.1) is 0 Å². The van der Waals surface area contributed by atoms with E-state index in [4.69, 9.17) is 0 Å². The van der Waals surface area contributed by atoms with Crippen LogP contribution in [0.3, 0.4) is 0 Å². The molecule has 0 saturated carbocycles. The first-order valence-electron chi connectivity index (χ1n) is 9.11. The lowest BCUT2D eigenvalue weighted by Gasteiger charge is -2.13. The zero-order chi connectivity index (χ0) is 19.7. The molecule has 28 heavy (non-hydrogen) atoms. The number of carbonyl (C=O) groups excluding carboxylic acids is 2. The maximum atomic E-state index is 12.6. The van der Waals surface area contributed by atoms with Crippen LogP contribution >= 0.6 is 23.1 Å². The van der Waals surface area contributed by atoms with Crippen LogP contribution in [-0.2, 0) is 22.4 Å². The summed E-state index contributed by atoms with van der Waals surface area (Å²) in [6.45, 7) is 3.34. The molecule has 1 aliphatic rings. The second kappa shape index (κ2) is 7.89. The molecule has 0 saturated heterocycles. The summed E-state index contributed by atoms with van der Waals surface area (Å²) in [5.41, 5.74) is 2.75. The molecule has 1 aliphatic carbocycles. The lowest BCUT2D eigenvalue weighted by Crippen LogP contribution is -2.22. The first-order valence-corrected chi connectivity index (χ1v) is 10.8. The quantitative estimate of drug-likeness (QED) is 0.483. The maximum Gasteiger partial charge on any atom is 0.237 e. The van der Waals surface area contributed by atoms with E-state index in [1.165, 1.54) is 35.5 Å². The fourth-order valence-corrected chi connectivity index (χ4v) is 5.53. The fraction of sp³-hybridized carbons (Fsp3) is 0.300. The van der Waals surface area contributed by atoms with E-state index in [9.17, 15) is 9.59 Å². The van der Waals surface area contributed by atoms with Crippen LogP contribution in [0.2, 0.25) is 0 Å². The summed E-state index contributed by atoms with van der Waals surface area (Å²) in [7, 11) is 0. The summed E-state index contributed by atoms with van der Waals surface area (Å²) in [5, 5.41) is 7.34. The van der Waals surface area contributed by atoms with Crippen molar-refractivity contribution in [1.29, 1.82) is 0 Å². The van der Waals surface area contributed by atoms with Gasteiger partial charge in [-0.2, -0.15) is 0 Å². The lowest BCUT2D eigenvalue weighted by atomic mass is 10.2. The molecular weight excluding hydrogens is 392 g/mol. The van der Waals surface area contributed by atoms with Gasteiger partial charge in [0.05, 0.1) is 5.25 Å². The molecule has 4 rings (SSSR count). The monoisotopic (exact) mass is 412 g/mol. The van der Waals surface area contributed by atoms with E-state index >= 15 is 0 Å². The topological polar surface area (TPSA) is 84.0 Å². The SMILES string of the molecule is CC(=O)Nc1ccc(NC(=O)C(C)Sc2ncnc3sc4c(c23)CCC4)cc1. The van der Waals surface area contributed by atoms with Gasteiger partial charge in [0.15, 0.2) is 0 Å². The number of anilines is 2. The highest BCUT2D eigenvalue weighted by Gasteiger charge is 2.23. The lowest BCUT2D eigenvalue weighted by molar-refractivity contribution is -0.115. The van der Waals surface area contributed by atoms with Crippen LogP contribution in [-0.4, -0.2) is 27.0 Å². The van der Waals surface area contributed by atoms with E-state index in [1.54, 1.807) is 41.9 Å². The van der Waals surface area contributed by atoms with Crippen molar-refractivity contribution in [2.24, 2.45) is 0 Å². The predicted octanol–water partition coefficient (Wildman–Crippen LogP) is 4.26. The van der Waals surface area contributed by atoms with Gasteiger partial charge in [-0.15, -0.1) is 11.3 Å². The van der Waals surface area contributed by atoms with Crippen molar-refractivity contribution >= 4 is 56.5 Å². The van der Waals surface area contributed by atoms with Crippen LogP contribution < -0.4 is 10.6 Å². The Labute approximate surface area is 171 Å². The minimum absolute atomic E-state index is 0.0871. The second-order valence-corrected chi connectivity index (χ2v) is 9.14. The summed E-state index contributed by atoms with van der Waals surface area (Å²) in [6.07, 6.45) is 4.95. The summed E-state index contributed by atoms with van der Waals surface area (Å²) in [5.74, 6) is -0.214. The highest BCUT2D eigenvalue weighted by molar-refractivity contribution is 8.00. The smallest absolute Gasteiger partial charge is 0.237 e. The number of aryl methyl sites for hydroxylation is 2. The van der Waals surface area contributed by atoms with Gasteiger partial charge < -0.3 is 10.6 Å². The third-order valence-electron chi connectivity index (χ3n) is 4.60. The van der Waals surface area contributed by atoms with Crippen LogP contribution in [0.15, 0.2) is 35.6 Å². The van der Waals surface area contributed by atoms with E-state index in [0.29, 0.717) is 11.4 Å². The van der Waals surface area contributed by atoms with Gasteiger partial charge in [-0.25, -0.2) is 9.97 Å². The van der Waals surface area contributed by atoms with E-state index in [1.807, 2.05) is 6.92 Å². The summed E-state index contributed by atoms with van der Waals surface area (Å²) < 4.78 is 0. The second-order valence-electron chi connectivity index (χ2n) is 6.72. The number of benzene rings is 1. The molecular formula is C20H20N4O2S2. The Bertz CT molecular complexity index is 1050. The molecule has 0 bridgehead atoms. The minimum Gasteiger partial charge on any atom is -0.326 e. The van der Waals surface area contributed by atoms with E-state index in [0.717, 1.165) is 28.1 Å². The molecule has 3 aromatic rings. The molecule has 1 unspecified atom stereocenters. The van der Waals surface area contributed by atoms with Gasteiger partial charge in [-0.3, -0.25) is 9.59 Å². The van der Waals surface area contributed by atoms with Gasteiger partial charge in [-0.1, -0.05) is 11.8 Å². The Balaban J connectivity index is 1.46. The molecule has 8 heteroatoms. The predicted molar refractivity (Wildman–Crippen MR) is 114 cm³/mol. The number of hydrogen-bond donors (Lipinski definition) is 2. The van der Waals surface area contributed by atoms with Crippen LogP contribution in [0.1, 0.15) is 30.7 Å². The number of thioether (sulfide) groups is 1. The number of carbonyl (C=O) groups is 2. The first kappa shape index (κ1) is 18.9. The van der Waals surface area contributed by atoms with Crippen molar-refractivity contribution < 1.29 is 9.59 Å². The Kier molecular flexibility index (Phi) is 5.32. The largest absolute Gasteiger partial charge is 0.326 e. The Morgan fingerprint density at radius 3 is 2.54 bits per heavy atom. The maximum absolute atomic E-state index is 12.6. The van der Waals surface area contributed by atoms with E-state index in [-0.39, 0.29) is 17.1 Å². The zero-order valence-electron chi connectivity index (χ0n) is 15.6. The third-order valence-corrected chi connectivity index (χ3v) is 6.90. The molecule has 2 aromatic heterocycles. The number of hydrogen-bond acceptors (Lipinski definition) is 6. The van der Waals surface area contributed by atoms with Crippen molar-refractivity contribution in [3.8, 4) is 0 Å². The van der Waals surface area contributed by atoms with E-state index in [2.05, 4.69) is 20.6 Å². The Morgan fingerprint density at radius 1 is 1.11 bits per heavy atom. The average Bonchev–Trinajstić information content (AvgIpc) is 3.24. The van der Waals surface area contributed by atoms with E-state index < -0.39 is 0 Å². The molecule has 0 aliphatic heterocycles. The normalized spacial score (nSPS) is 13.9. The van der Waals surface area contributed by atoms with Crippen LogP contribution in [0.5, 0.6) is 0 Å². The van der Waals surface area contributed by atoms with Gasteiger partial charge in [-0.05, 0) is 56.0 Å². The molecule has 1 atom stereocenters. The van der Waals surface area contributed by atoms with Gasteiger partial charge >= 0.3 is 0 Å². The molecule has 1 aromatic carbocycles. The van der Waals surface area contributed by atoms with Gasteiger partial charge in [0.2, 0.25) is 11.8 Å². The summed E-state index contributed by atoms with van der Waals surface area (Å²) in [6, 6.07) is 7.07. The molecule has 144 valence electrons. The van der Waals surface area contributed by atoms with Crippen LogP contribution in [0.25, 0.3) is 10.2 Å². The van der Waals surface area contributed by atoms with Gasteiger partial charge in [0.25, 0.3) is 0 Å². The third kappa shape index (κ3) is 3.88. The molecule has 0 spiro atoms. The molecule has 2 heterocycles. The number of nitrogens with zero attached hydrogens (tertiary/aromatic N) is 2. The highest BCUT2D eigenvalue weighted by Crippen LogP contribution is 2.40. The van der Waals surface area contributed by atoms with Gasteiger partial charge in [0, 0.05) is 28.6 Å². The summed E-state index contributed by atoms with van der Waals surface area (Å²) in [4.78, 5) is 35.0. The van der Waals surface area contributed by atoms with Crippen molar-refractivity contribution in [1.82, 2.24) is 9.97 Å². The van der Waals surface area contributed by atoms with Crippen LogP contribution in [0.4, 0.5) is 11.4 Å². The first-order chi connectivity index (χ1) is 13.5. The number of rotatable bonds is 5. The van der Waals surface area contributed by atoms with Crippen molar-refractivity contribution in [2.75, 3.05) is 10.6 Å². The molecule has 0 fully saturated rings. The standard InChI is InChI=1S/C20H20N4O2S2/c1-11(18(26)24-14-8-6-13(7-9-14)23-12(2)25)27-19-17-15-4-3-5-16(15)28-20(17)22-10-21-19/h6-11H,3-5H2,1-2H3,(H,23,25)(H,24,26). The van der Waals surface area contributed by atoms with Crippen molar-refractivity contribution in [3.05, 3.63) is 41.0 Å². The average molecular weight is 413 g/mol. The fourth-order valence-electron chi connectivity index (χ4n) is 3.29. The molecule has 2 N–H and O–H groups in total. The molecule has 6 nitrogen and oxygen atoms in total.